The normalized spacial score (nSPS) is 17.3. The number of phenolic OH excluding ortho intramolecular Hbond substituents is 1. The number of pyridine rings is 1. The van der Waals surface area contributed by atoms with E-state index in [1.54, 1.807) is 50.5 Å². The molecule has 1 aromatic heterocycles. The molecule has 6 nitrogen and oxygen atoms in total. The van der Waals surface area contributed by atoms with Gasteiger partial charge in [-0.25, -0.2) is 0 Å². The Morgan fingerprint density at radius 1 is 1.15 bits per heavy atom. The fourth-order valence-electron chi connectivity index (χ4n) is 3.10. The van der Waals surface area contributed by atoms with Crippen LogP contribution in [0.2, 0.25) is 0 Å². The maximum absolute atomic E-state index is 12.8. The van der Waals surface area contributed by atoms with Crippen LogP contribution in [0.3, 0.4) is 0 Å². The lowest BCUT2D eigenvalue weighted by Gasteiger charge is -2.28. The Kier molecular flexibility index (Phi) is 4.50. The Morgan fingerprint density at radius 2 is 1.81 bits per heavy atom. The number of nitrogens with zero attached hydrogens (tertiary/aromatic N) is 2. The Balaban J connectivity index is 2.23. The van der Waals surface area contributed by atoms with E-state index in [-0.39, 0.29) is 22.8 Å². The van der Waals surface area contributed by atoms with Crippen molar-refractivity contribution in [2.75, 3.05) is 4.90 Å². The zero-order valence-electron chi connectivity index (χ0n) is 14.8. The van der Waals surface area contributed by atoms with Gasteiger partial charge in [0.15, 0.2) is 11.5 Å². The summed E-state index contributed by atoms with van der Waals surface area (Å²) in [7, 11) is 0. The molecule has 0 fully saturated rings. The molecule has 0 radical (unpaired) electrons. The third-order valence-electron chi connectivity index (χ3n) is 4.41. The van der Waals surface area contributed by atoms with Crippen LogP contribution in [0.15, 0.2) is 54.1 Å². The number of aliphatic hydroxyl groups is 1. The molecule has 0 saturated heterocycles. The van der Waals surface area contributed by atoms with E-state index in [9.17, 15) is 19.8 Å². The van der Waals surface area contributed by atoms with Crippen LogP contribution in [0, 0.1) is 12.8 Å². The van der Waals surface area contributed by atoms with Gasteiger partial charge in [-0.15, -0.1) is 0 Å². The summed E-state index contributed by atoms with van der Waals surface area (Å²) in [6.07, 6.45) is 3.11. The van der Waals surface area contributed by atoms with Gasteiger partial charge in [-0.05, 0) is 42.3 Å². The number of hydrogen-bond acceptors (Lipinski definition) is 5. The van der Waals surface area contributed by atoms with Crippen LogP contribution >= 0.6 is 0 Å². The van der Waals surface area contributed by atoms with Gasteiger partial charge in [-0.1, -0.05) is 19.9 Å². The van der Waals surface area contributed by atoms with Crippen molar-refractivity contribution in [2.24, 2.45) is 5.92 Å². The third kappa shape index (κ3) is 2.83. The average Bonchev–Trinajstić information content (AvgIpc) is 2.88. The maximum atomic E-state index is 12.8. The van der Waals surface area contributed by atoms with Gasteiger partial charge in [-0.2, -0.15) is 0 Å². The topological polar surface area (TPSA) is 90.7 Å². The van der Waals surface area contributed by atoms with Crippen molar-refractivity contribution in [1.82, 2.24) is 4.98 Å². The van der Waals surface area contributed by atoms with Crippen molar-refractivity contribution in [2.45, 2.75) is 26.8 Å². The first kappa shape index (κ1) is 17.7. The lowest BCUT2D eigenvalue weighted by molar-refractivity contribution is -0.119. The van der Waals surface area contributed by atoms with Gasteiger partial charge < -0.3 is 10.2 Å². The van der Waals surface area contributed by atoms with Crippen LogP contribution in [-0.2, 0) is 9.59 Å². The SMILES string of the molecule is Cc1ccc(O)c(N2C(=O)C(O)=C(C(=O)C(C)C)C2c2ccncc2)c1. The highest BCUT2D eigenvalue weighted by Crippen LogP contribution is 2.44. The molecule has 0 spiro atoms. The molecule has 1 atom stereocenters. The number of benzene rings is 1. The molecular weight excluding hydrogens is 332 g/mol. The molecule has 1 aromatic carbocycles. The summed E-state index contributed by atoms with van der Waals surface area (Å²) < 4.78 is 0. The number of phenols is 1. The Labute approximate surface area is 151 Å². The number of aliphatic hydroxyl groups excluding tert-OH is 1. The Morgan fingerprint density at radius 3 is 2.42 bits per heavy atom. The summed E-state index contributed by atoms with van der Waals surface area (Å²) in [5.41, 5.74) is 1.75. The first-order valence-electron chi connectivity index (χ1n) is 8.33. The second-order valence-electron chi connectivity index (χ2n) is 6.63. The van der Waals surface area contributed by atoms with Gasteiger partial charge >= 0.3 is 0 Å². The fourth-order valence-corrected chi connectivity index (χ4v) is 3.10. The Hall–Kier alpha value is -3.15. The number of Topliss-reactive ketones (excluding diaryl/α,β-unsaturated/α-hetero) is 1. The molecule has 1 unspecified atom stereocenters. The second kappa shape index (κ2) is 6.63. The number of carbonyl (C=O) groups is 2. The van der Waals surface area contributed by atoms with Crippen LogP contribution in [0.5, 0.6) is 5.75 Å². The number of rotatable bonds is 4. The molecule has 6 heteroatoms. The van der Waals surface area contributed by atoms with E-state index in [0.717, 1.165) is 5.56 Å². The molecule has 2 aromatic rings. The number of anilines is 1. The third-order valence-corrected chi connectivity index (χ3v) is 4.41. The highest BCUT2D eigenvalue weighted by Gasteiger charge is 2.45. The van der Waals surface area contributed by atoms with E-state index >= 15 is 0 Å². The number of ketones is 1. The number of aryl methyl sites for hydroxylation is 1. The van der Waals surface area contributed by atoms with Crippen LogP contribution in [0.25, 0.3) is 0 Å². The summed E-state index contributed by atoms with van der Waals surface area (Å²) >= 11 is 0. The molecule has 1 amide bonds. The van der Waals surface area contributed by atoms with Crippen molar-refractivity contribution < 1.29 is 19.8 Å². The van der Waals surface area contributed by atoms with Crippen LogP contribution < -0.4 is 4.90 Å². The smallest absolute Gasteiger partial charge is 0.294 e. The van der Waals surface area contributed by atoms with Gasteiger partial charge in [0.25, 0.3) is 5.91 Å². The van der Waals surface area contributed by atoms with Gasteiger partial charge in [0, 0.05) is 18.3 Å². The van der Waals surface area contributed by atoms with Crippen LogP contribution in [-0.4, -0.2) is 26.9 Å². The van der Waals surface area contributed by atoms with E-state index in [2.05, 4.69) is 4.98 Å². The van der Waals surface area contributed by atoms with Gasteiger partial charge in [0.2, 0.25) is 0 Å². The molecule has 0 aliphatic carbocycles. The minimum absolute atomic E-state index is 0.0390. The number of hydrogen-bond donors (Lipinski definition) is 2. The first-order valence-corrected chi connectivity index (χ1v) is 8.33. The van der Waals surface area contributed by atoms with Gasteiger partial charge in [0.1, 0.15) is 5.75 Å². The lowest BCUT2D eigenvalue weighted by Crippen LogP contribution is -2.31. The number of aromatic nitrogens is 1. The lowest BCUT2D eigenvalue weighted by atomic mass is 9.91. The molecule has 0 bridgehead atoms. The van der Waals surface area contributed by atoms with E-state index in [0.29, 0.717) is 5.56 Å². The fraction of sp³-hybridized carbons (Fsp3) is 0.250. The van der Waals surface area contributed by atoms with Crippen molar-refractivity contribution >= 4 is 17.4 Å². The highest BCUT2D eigenvalue weighted by atomic mass is 16.3. The average molecular weight is 352 g/mol. The van der Waals surface area contributed by atoms with Gasteiger partial charge in [-0.3, -0.25) is 19.5 Å². The summed E-state index contributed by atoms with van der Waals surface area (Å²) in [6.45, 7) is 5.26. The van der Waals surface area contributed by atoms with Crippen molar-refractivity contribution in [3.8, 4) is 5.75 Å². The van der Waals surface area contributed by atoms with Crippen LogP contribution in [0.4, 0.5) is 5.69 Å². The summed E-state index contributed by atoms with van der Waals surface area (Å²) in [5, 5.41) is 20.8. The molecule has 3 rings (SSSR count). The van der Waals surface area contributed by atoms with Gasteiger partial charge in [0.05, 0.1) is 17.3 Å². The standard InChI is InChI=1S/C20H20N2O4/c1-11(2)18(24)16-17(13-6-8-21-9-7-13)22(20(26)19(16)25)14-10-12(3)4-5-15(14)23/h4-11,17,23,25H,1-3H3. The number of carbonyl (C=O) groups excluding carboxylic acids is 2. The summed E-state index contributed by atoms with van der Waals surface area (Å²) in [5.74, 6) is -2.10. The van der Waals surface area contributed by atoms with E-state index in [4.69, 9.17) is 0 Å². The summed E-state index contributed by atoms with van der Waals surface area (Å²) in [4.78, 5) is 30.8. The van der Waals surface area contributed by atoms with E-state index < -0.39 is 23.6 Å². The van der Waals surface area contributed by atoms with E-state index in [1.807, 2.05) is 6.92 Å². The molecular formula is C20H20N2O4. The largest absolute Gasteiger partial charge is 0.506 e. The zero-order chi connectivity index (χ0) is 19.0. The van der Waals surface area contributed by atoms with Crippen molar-refractivity contribution in [3.05, 3.63) is 65.2 Å². The molecule has 0 saturated carbocycles. The minimum Gasteiger partial charge on any atom is -0.506 e. The molecule has 2 heterocycles. The molecule has 1 aliphatic heterocycles. The predicted molar refractivity (Wildman–Crippen MR) is 96.8 cm³/mol. The minimum atomic E-state index is -0.826. The quantitative estimate of drug-likeness (QED) is 0.882. The number of aromatic hydroxyl groups is 1. The maximum Gasteiger partial charge on any atom is 0.294 e. The second-order valence-corrected chi connectivity index (χ2v) is 6.63. The first-order chi connectivity index (χ1) is 12.3. The Bertz CT molecular complexity index is 903. The highest BCUT2D eigenvalue weighted by molar-refractivity contribution is 6.17. The number of amides is 1. The van der Waals surface area contributed by atoms with E-state index in [1.165, 1.54) is 11.0 Å². The predicted octanol–water partition coefficient (Wildman–Crippen LogP) is 3.22. The molecule has 134 valence electrons. The molecule has 26 heavy (non-hydrogen) atoms. The van der Waals surface area contributed by atoms with Crippen molar-refractivity contribution in [1.29, 1.82) is 0 Å². The van der Waals surface area contributed by atoms with Crippen LogP contribution in [0.1, 0.15) is 31.0 Å². The van der Waals surface area contributed by atoms with Crippen molar-refractivity contribution in [3.63, 3.8) is 0 Å². The summed E-state index contributed by atoms with van der Waals surface area (Å²) in [6, 6.07) is 7.40. The molecule has 2 N–H and O–H groups in total. The molecule has 1 aliphatic rings. The monoisotopic (exact) mass is 352 g/mol. The zero-order valence-corrected chi connectivity index (χ0v) is 14.8.